The maximum Gasteiger partial charge on any atom is 0.331 e. The fourth-order valence-electron chi connectivity index (χ4n) is 0.258. The van der Waals surface area contributed by atoms with Crippen LogP contribution in [0, 0.1) is 0 Å². The summed E-state index contributed by atoms with van der Waals surface area (Å²) in [4.78, 5) is 19.7. The minimum atomic E-state index is -1.27. The Morgan fingerprint density at radius 3 is 1.83 bits per heavy atom. The van der Waals surface area contributed by atoms with Crippen LogP contribution in [-0.4, -0.2) is 22.2 Å². The molecule has 0 rings (SSSR count). The molecule has 0 saturated carbocycles. The van der Waals surface area contributed by atoms with E-state index in [2.05, 4.69) is 13.2 Å². The standard InChI is InChI=1S/C5H6O4.C3H6/c1-3(5(8)9)2-4(6)7;1-3-2/h1-2H2,(H,6,7)(H,8,9);3H,1H2,2H3. The molecular formula is C8H12O4. The normalized spacial score (nSPS) is 7.42. The Labute approximate surface area is 70.8 Å². The van der Waals surface area contributed by atoms with Gasteiger partial charge in [0.2, 0.25) is 0 Å². The second-order valence-electron chi connectivity index (χ2n) is 1.89. The van der Waals surface area contributed by atoms with Crippen LogP contribution in [0.25, 0.3) is 0 Å². The Bertz CT molecular complexity index is 193. The first-order valence-electron chi connectivity index (χ1n) is 3.15. The van der Waals surface area contributed by atoms with Crippen molar-refractivity contribution in [2.24, 2.45) is 0 Å². The fraction of sp³-hybridized carbons (Fsp3) is 0.250. The molecule has 0 atom stereocenters. The molecule has 0 aromatic rings. The van der Waals surface area contributed by atoms with Gasteiger partial charge in [0, 0.05) is 5.57 Å². The van der Waals surface area contributed by atoms with E-state index in [-0.39, 0.29) is 5.57 Å². The number of carboxylic acids is 2. The average Bonchev–Trinajstić information content (AvgIpc) is 1.87. The quantitative estimate of drug-likeness (QED) is 0.497. The van der Waals surface area contributed by atoms with Crippen molar-refractivity contribution in [2.45, 2.75) is 13.3 Å². The largest absolute Gasteiger partial charge is 0.481 e. The highest BCUT2D eigenvalue weighted by atomic mass is 16.4. The molecule has 0 spiro atoms. The summed E-state index contributed by atoms with van der Waals surface area (Å²) in [5.41, 5.74) is -0.303. The maximum atomic E-state index is 9.87. The lowest BCUT2D eigenvalue weighted by Crippen LogP contribution is -2.04. The molecule has 0 aliphatic carbocycles. The van der Waals surface area contributed by atoms with Gasteiger partial charge in [-0.2, -0.15) is 0 Å². The van der Waals surface area contributed by atoms with Crippen LogP contribution in [0.1, 0.15) is 13.3 Å². The van der Waals surface area contributed by atoms with Gasteiger partial charge in [-0.1, -0.05) is 12.7 Å². The van der Waals surface area contributed by atoms with Gasteiger partial charge in [0.15, 0.2) is 0 Å². The molecule has 0 saturated heterocycles. The van der Waals surface area contributed by atoms with Crippen molar-refractivity contribution < 1.29 is 19.8 Å². The van der Waals surface area contributed by atoms with Crippen LogP contribution >= 0.6 is 0 Å². The average molecular weight is 172 g/mol. The van der Waals surface area contributed by atoms with Gasteiger partial charge in [0.1, 0.15) is 0 Å². The van der Waals surface area contributed by atoms with Crippen LogP contribution in [0.2, 0.25) is 0 Å². The van der Waals surface area contributed by atoms with Crippen molar-refractivity contribution >= 4 is 11.9 Å². The zero-order chi connectivity index (χ0) is 10.1. The monoisotopic (exact) mass is 172 g/mol. The minimum Gasteiger partial charge on any atom is -0.481 e. The van der Waals surface area contributed by atoms with Gasteiger partial charge in [-0.05, 0) is 6.92 Å². The van der Waals surface area contributed by atoms with Crippen molar-refractivity contribution in [1.29, 1.82) is 0 Å². The van der Waals surface area contributed by atoms with Crippen LogP contribution in [0.3, 0.4) is 0 Å². The predicted molar refractivity (Wildman–Crippen MR) is 44.9 cm³/mol. The number of carboxylic acid groups (broad SMARTS) is 2. The fourth-order valence-corrected chi connectivity index (χ4v) is 0.258. The number of allylic oxidation sites excluding steroid dienone is 1. The first-order chi connectivity index (χ1) is 5.45. The number of hydrogen-bond donors (Lipinski definition) is 2. The van der Waals surface area contributed by atoms with Crippen molar-refractivity contribution in [2.75, 3.05) is 0 Å². The van der Waals surface area contributed by atoms with Crippen molar-refractivity contribution in [3.05, 3.63) is 24.8 Å². The summed E-state index contributed by atoms with van der Waals surface area (Å²) < 4.78 is 0. The molecule has 0 aromatic carbocycles. The van der Waals surface area contributed by atoms with E-state index in [9.17, 15) is 9.59 Å². The smallest absolute Gasteiger partial charge is 0.331 e. The second kappa shape index (κ2) is 7.53. The Hall–Kier alpha value is -1.58. The van der Waals surface area contributed by atoms with E-state index < -0.39 is 18.4 Å². The van der Waals surface area contributed by atoms with E-state index >= 15 is 0 Å². The van der Waals surface area contributed by atoms with Gasteiger partial charge in [-0.3, -0.25) is 4.79 Å². The van der Waals surface area contributed by atoms with Crippen molar-refractivity contribution in [3.8, 4) is 0 Å². The molecule has 0 unspecified atom stereocenters. The Morgan fingerprint density at radius 1 is 1.42 bits per heavy atom. The number of rotatable bonds is 3. The van der Waals surface area contributed by atoms with E-state index in [4.69, 9.17) is 10.2 Å². The lowest BCUT2D eigenvalue weighted by Gasteiger charge is -1.91. The Kier molecular flexibility index (Phi) is 8.18. The molecular weight excluding hydrogens is 160 g/mol. The third-order valence-corrected chi connectivity index (χ3v) is 0.667. The number of carbonyl (C=O) groups is 2. The van der Waals surface area contributed by atoms with Gasteiger partial charge in [0.05, 0.1) is 6.42 Å². The van der Waals surface area contributed by atoms with Crippen LogP contribution < -0.4 is 0 Å². The summed E-state index contributed by atoms with van der Waals surface area (Å²) in [6.07, 6.45) is 1.25. The van der Waals surface area contributed by atoms with Gasteiger partial charge in [-0.25, -0.2) is 4.79 Å². The Morgan fingerprint density at radius 2 is 1.75 bits per heavy atom. The molecule has 0 heterocycles. The highest BCUT2D eigenvalue weighted by molar-refractivity contribution is 5.91. The molecule has 0 aliphatic heterocycles. The van der Waals surface area contributed by atoms with E-state index in [1.165, 1.54) is 0 Å². The summed E-state index contributed by atoms with van der Waals surface area (Å²) in [6, 6.07) is 0. The van der Waals surface area contributed by atoms with Crippen LogP contribution in [0.5, 0.6) is 0 Å². The summed E-state index contributed by atoms with van der Waals surface area (Å²) in [5.74, 6) is -2.44. The van der Waals surface area contributed by atoms with Gasteiger partial charge in [-0.15, -0.1) is 6.58 Å². The first kappa shape index (κ1) is 13.0. The number of hydrogen-bond acceptors (Lipinski definition) is 2. The van der Waals surface area contributed by atoms with Gasteiger partial charge < -0.3 is 10.2 Å². The molecule has 0 radical (unpaired) electrons. The van der Waals surface area contributed by atoms with E-state index in [1.54, 1.807) is 6.08 Å². The molecule has 4 heteroatoms. The second-order valence-corrected chi connectivity index (χ2v) is 1.89. The first-order valence-corrected chi connectivity index (χ1v) is 3.15. The predicted octanol–water partition coefficient (Wildman–Crippen LogP) is 1.29. The summed E-state index contributed by atoms with van der Waals surface area (Å²) >= 11 is 0. The third-order valence-electron chi connectivity index (χ3n) is 0.667. The zero-order valence-corrected chi connectivity index (χ0v) is 6.91. The molecule has 0 amide bonds. The summed E-state index contributed by atoms with van der Waals surface area (Å²) in [5, 5.41) is 16.1. The molecule has 68 valence electrons. The van der Waals surface area contributed by atoms with Gasteiger partial charge in [0.25, 0.3) is 0 Å². The Balaban J connectivity index is 0. The molecule has 12 heavy (non-hydrogen) atoms. The highest BCUT2D eigenvalue weighted by Gasteiger charge is 2.07. The zero-order valence-electron chi connectivity index (χ0n) is 6.91. The van der Waals surface area contributed by atoms with E-state index in [1.807, 2.05) is 6.92 Å². The van der Waals surface area contributed by atoms with E-state index in [0.29, 0.717) is 0 Å². The topological polar surface area (TPSA) is 74.6 Å². The van der Waals surface area contributed by atoms with Crippen LogP contribution in [0.4, 0.5) is 0 Å². The molecule has 0 aliphatic rings. The molecule has 0 aromatic heterocycles. The maximum absolute atomic E-state index is 9.87. The molecule has 0 bridgehead atoms. The number of aliphatic carboxylic acids is 2. The lowest BCUT2D eigenvalue weighted by atomic mass is 10.2. The van der Waals surface area contributed by atoms with E-state index in [0.717, 1.165) is 0 Å². The van der Waals surface area contributed by atoms with Crippen molar-refractivity contribution in [3.63, 3.8) is 0 Å². The third kappa shape index (κ3) is 11.2. The molecule has 2 N–H and O–H groups in total. The SMILES string of the molecule is C=C(CC(=O)O)C(=O)O.C=CC. The minimum absolute atomic E-state index is 0.303. The van der Waals surface area contributed by atoms with Crippen LogP contribution in [-0.2, 0) is 9.59 Å². The van der Waals surface area contributed by atoms with Gasteiger partial charge >= 0.3 is 11.9 Å². The molecule has 4 nitrogen and oxygen atoms in total. The van der Waals surface area contributed by atoms with Crippen LogP contribution in [0.15, 0.2) is 24.8 Å². The summed E-state index contributed by atoms with van der Waals surface area (Å²) in [7, 11) is 0. The summed E-state index contributed by atoms with van der Waals surface area (Å²) in [6.45, 7) is 8.26. The van der Waals surface area contributed by atoms with Crippen molar-refractivity contribution in [1.82, 2.24) is 0 Å². The lowest BCUT2D eigenvalue weighted by molar-refractivity contribution is -0.139. The molecule has 0 fully saturated rings. The highest BCUT2D eigenvalue weighted by Crippen LogP contribution is 1.95.